The lowest BCUT2D eigenvalue weighted by molar-refractivity contribution is -0.144. The molecular weight excluding hydrogens is 512 g/mol. The van der Waals surface area contributed by atoms with Crippen LogP contribution >= 0.6 is 0 Å². The van der Waals surface area contributed by atoms with Gasteiger partial charge in [-0.3, -0.25) is 14.4 Å². The van der Waals surface area contributed by atoms with Crippen LogP contribution in [0.2, 0.25) is 0 Å². The second kappa shape index (κ2) is 14.0. The molecule has 2 aromatic rings. The molecule has 2 aromatic carbocycles. The van der Waals surface area contributed by atoms with Gasteiger partial charge in [-0.05, 0) is 76.1 Å². The van der Waals surface area contributed by atoms with Crippen molar-refractivity contribution >= 4 is 29.5 Å². The molecule has 0 fully saturated rings. The average molecular weight is 551 g/mol. The van der Waals surface area contributed by atoms with Crippen LogP contribution in [0.4, 0.5) is 10.5 Å². The Bertz CT molecular complexity index is 1230. The number of terminal acetylenes is 1. The maximum Gasteiger partial charge on any atom is 0.408 e. The summed E-state index contributed by atoms with van der Waals surface area (Å²) in [6.07, 6.45) is 4.60. The molecule has 0 aromatic heterocycles. The molecule has 0 bridgehead atoms. The lowest BCUT2D eigenvalue weighted by Gasteiger charge is -2.38. The van der Waals surface area contributed by atoms with Gasteiger partial charge in [-0.1, -0.05) is 25.0 Å². The minimum Gasteiger partial charge on any atom is -0.497 e. The Balaban J connectivity index is 2.57. The van der Waals surface area contributed by atoms with Crippen LogP contribution in [0.1, 0.15) is 64.6 Å². The van der Waals surface area contributed by atoms with Crippen LogP contribution in [-0.4, -0.2) is 53.5 Å². The molecule has 0 aliphatic rings. The molecule has 2 rings (SSSR count). The van der Waals surface area contributed by atoms with Crippen molar-refractivity contribution in [2.24, 2.45) is 5.73 Å². The van der Waals surface area contributed by atoms with Crippen LogP contribution in [0.3, 0.4) is 0 Å². The summed E-state index contributed by atoms with van der Waals surface area (Å²) in [7, 11) is 1.53. The molecule has 3 atom stereocenters. The van der Waals surface area contributed by atoms with E-state index in [0.29, 0.717) is 29.0 Å². The Hall–Kier alpha value is -4.52. The fourth-order valence-corrected chi connectivity index (χ4v) is 3.91. The molecular formula is C30H38N4O6. The molecule has 0 saturated heterocycles. The second-order valence-corrected chi connectivity index (χ2v) is 10.3. The van der Waals surface area contributed by atoms with E-state index in [4.69, 9.17) is 21.6 Å². The van der Waals surface area contributed by atoms with Crippen molar-refractivity contribution in [2.45, 2.75) is 71.2 Å². The number of hydrogen-bond donors (Lipinski definition) is 3. The molecule has 0 saturated carbocycles. The van der Waals surface area contributed by atoms with Crippen molar-refractivity contribution < 1.29 is 28.7 Å². The fraction of sp³-hybridized carbons (Fsp3) is 0.400. The zero-order valence-electron chi connectivity index (χ0n) is 23.8. The van der Waals surface area contributed by atoms with E-state index in [0.717, 1.165) is 0 Å². The number of amides is 4. The van der Waals surface area contributed by atoms with E-state index >= 15 is 0 Å². The van der Waals surface area contributed by atoms with E-state index in [1.165, 1.54) is 12.0 Å². The lowest BCUT2D eigenvalue weighted by Crippen LogP contribution is -2.55. The molecule has 0 aliphatic carbocycles. The highest BCUT2D eigenvalue weighted by Crippen LogP contribution is 2.28. The van der Waals surface area contributed by atoms with Gasteiger partial charge in [-0.2, -0.15) is 0 Å². The van der Waals surface area contributed by atoms with Gasteiger partial charge in [0.25, 0.3) is 5.91 Å². The van der Waals surface area contributed by atoms with Crippen LogP contribution < -0.4 is 21.1 Å². The van der Waals surface area contributed by atoms with Crippen molar-refractivity contribution in [1.29, 1.82) is 0 Å². The van der Waals surface area contributed by atoms with Crippen LogP contribution in [-0.2, 0) is 19.1 Å². The predicted molar refractivity (Wildman–Crippen MR) is 152 cm³/mol. The number of nitrogens with one attached hydrogen (secondary N) is 2. The van der Waals surface area contributed by atoms with Gasteiger partial charge in [0.2, 0.25) is 11.8 Å². The Morgan fingerprint density at radius 1 is 1.05 bits per heavy atom. The SMILES string of the molecule is C#Cc1ccc(C(C(=O)Nc2ccc(OC)cc2)N(C(=O)C(CC(N)=O)NC(=O)OC(C)(C)C)C(C)CC)cc1. The maximum absolute atomic E-state index is 14.1. The van der Waals surface area contributed by atoms with E-state index in [1.54, 1.807) is 76.2 Å². The van der Waals surface area contributed by atoms with Crippen molar-refractivity contribution in [2.75, 3.05) is 12.4 Å². The summed E-state index contributed by atoms with van der Waals surface area (Å²) < 4.78 is 10.5. The Kier molecular flexibility index (Phi) is 11.1. The van der Waals surface area contributed by atoms with Crippen LogP contribution in [0, 0.1) is 12.3 Å². The minimum atomic E-state index is -1.37. The molecule has 0 aliphatic heterocycles. The number of nitrogens with zero attached hydrogens (tertiary/aromatic N) is 1. The quantitative estimate of drug-likeness (QED) is 0.364. The van der Waals surface area contributed by atoms with Gasteiger partial charge in [-0.25, -0.2) is 4.79 Å². The third-order valence-electron chi connectivity index (χ3n) is 5.99. The molecule has 0 heterocycles. The van der Waals surface area contributed by atoms with Crippen molar-refractivity contribution in [3.8, 4) is 18.1 Å². The zero-order valence-corrected chi connectivity index (χ0v) is 23.8. The highest BCUT2D eigenvalue weighted by molar-refractivity contribution is 6.00. The number of carbonyl (C=O) groups excluding carboxylic acids is 4. The molecule has 10 nitrogen and oxygen atoms in total. The van der Waals surface area contributed by atoms with Gasteiger partial charge in [0.1, 0.15) is 23.4 Å². The fourth-order valence-electron chi connectivity index (χ4n) is 3.91. The van der Waals surface area contributed by atoms with Crippen LogP contribution in [0.25, 0.3) is 0 Å². The molecule has 4 N–H and O–H groups in total. The molecule has 3 unspecified atom stereocenters. The molecule has 10 heteroatoms. The first-order chi connectivity index (χ1) is 18.8. The summed E-state index contributed by atoms with van der Waals surface area (Å²) in [5.74, 6) is 1.15. The van der Waals surface area contributed by atoms with Crippen molar-refractivity contribution in [3.05, 3.63) is 59.7 Å². The summed E-state index contributed by atoms with van der Waals surface area (Å²) in [5.41, 5.74) is 6.15. The standard InChI is InChI=1S/C30H38N4O6/c1-8-19(3)34(28(37)24(18-25(31)35)33-29(38)40-30(4,5)6)26(21-12-10-20(9-2)11-13-21)27(36)32-22-14-16-23(39-7)17-15-22/h2,10-17,19,24,26H,8,18H2,1,3-7H3,(H2,31,35)(H,32,36)(H,33,38). The van der Waals surface area contributed by atoms with Gasteiger partial charge in [-0.15, -0.1) is 6.42 Å². The highest BCUT2D eigenvalue weighted by atomic mass is 16.6. The Morgan fingerprint density at radius 2 is 1.65 bits per heavy atom. The number of carbonyl (C=O) groups is 4. The first-order valence-corrected chi connectivity index (χ1v) is 12.9. The molecule has 0 radical (unpaired) electrons. The maximum atomic E-state index is 14.1. The van der Waals surface area contributed by atoms with Gasteiger partial charge >= 0.3 is 6.09 Å². The number of alkyl carbamates (subject to hydrolysis) is 1. The largest absolute Gasteiger partial charge is 0.497 e. The number of nitrogens with two attached hydrogens (primary N) is 1. The predicted octanol–water partition coefficient (Wildman–Crippen LogP) is 3.75. The molecule has 40 heavy (non-hydrogen) atoms. The smallest absolute Gasteiger partial charge is 0.408 e. The topological polar surface area (TPSA) is 140 Å². The van der Waals surface area contributed by atoms with Gasteiger partial charge in [0.15, 0.2) is 0 Å². The first kappa shape index (κ1) is 31.7. The van der Waals surface area contributed by atoms with Crippen molar-refractivity contribution in [1.82, 2.24) is 10.2 Å². The number of anilines is 1. The van der Waals surface area contributed by atoms with Gasteiger partial charge in [0, 0.05) is 17.3 Å². The normalized spacial score (nSPS) is 13.1. The number of benzene rings is 2. The second-order valence-electron chi connectivity index (χ2n) is 10.3. The van der Waals surface area contributed by atoms with E-state index in [9.17, 15) is 19.2 Å². The Morgan fingerprint density at radius 3 is 2.12 bits per heavy atom. The molecule has 0 spiro atoms. The number of ether oxygens (including phenoxy) is 2. The monoisotopic (exact) mass is 550 g/mol. The highest BCUT2D eigenvalue weighted by Gasteiger charge is 2.39. The van der Waals surface area contributed by atoms with Gasteiger partial charge in [0.05, 0.1) is 13.5 Å². The lowest BCUT2D eigenvalue weighted by atomic mass is 9.98. The van der Waals surface area contributed by atoms with Crippen LogP contribution in [0.5, 0.6) is 5.75 Å². The Labute approximate surface area is 235 Å². The van der Waals surface area contributed by atoms with E-state index in [-0.39, 0.29) is 0 Å². The van der Waals surface area contributed by atoms with Gasteiger partial charge < -0.3 is 30.7 Å². The molecule has 214 valence electrons. The van der Waals surface area contributed by atoms with Crippen LogP contribution in [0.15, 0.2) is 48.5 Å². The van der Waals surface area contributed by atoms with Crippen molar-refractivity contribution in [3.63, 3.8) is 0 Å². The van der Waals surface area contributed by atoms with E-state index < -0.39 is 54.0 Å². The third-order valence-corrected chi connectivity index (χ3v) is 5.99. The summed E-state index contributed by atoms with van der Waals surface area (Å²) >= 11 is 0. The summed E-state index contributed by atoms with van der Waals surface area (Å²) in [5, 5.41) is 5.32. The number of hydrogen-bond acceptors (Lipinski definition) is 6. The average Bonchev–Trinajstić information content (AvgIpc) is 2.89. The zero-order chi connectivity index (χ0) is 30.0. The third kappa shape index (κ3) is 9.05. The number of methoxy groups -OCH3 is 1. The first-order valence-electron chi connectivity index (χ1n) is 12.9. The minimum absolute atomic E-state index is 0.468. The number of primary amides is 1. The summed E-state index contributed by atoms with van der Waals surface area (Å²) in [6.45, 7) is 8.64. The number of rotatable bonds is 11. The summed E-state index contributed by atoms with van der Waals surface area (Å²) in [6, 6.07) is 10.4. The molecule has 4 amide bonds. The van der Waals surface area contributed by atoms with E-state index in [1.807, 2.05) is 6.92 Å². The van der Waals surface area contributed by atoms with E-state index in [2.05, 4.69) is 16.6 Å². The summed E-state index contributed by atoms with van der Waals surface area (Å²) in [4.78, 5) is 53.8.